The van der Waals surface area contributed by atoms with Crippen molar-refractivity contribution >= 4 is 0 Å². The van der Waals surface area contributed by atoms with E-state index in [-0.39, 0.29) is 5.75 Å². The molecule has 2 nitrogen and oxygen atoms in total. The lowest BCUT2D eigenvalue weighted by Gasteiger charge is -1.99. The van der Waals surface area contributed by atoms with Gasteiger partial charge in [-0.15, -0.1) is 0 Å². The van der Waals surface area contributed by atoms with Crippen molar-refractivity contribution in [2.75, 3.05) is 0 Å². The van der Waals surface area contributed by atoms with Crippen LogP contribution in [-0.4, -0.2) is 0 Å². The fraction of sp³-hybridized carbons (Fsp3) is 0.143. The molecular weight excluding hydrogens is 133 g/mol. The van der Waals surface area contributed by atoms with Crippen molar-refractivity contribution in [1.82, 2.24) is 0 Å². The Morgan fingerprint density at radius 1 is 1.50 bits per heavy atom. The molecule has 0 atom stereocenters. The first-order chi connectivity index (χ1) is 4.74. The van der Waals surface area contributed by atoms with Crippen LogP contribution in [0.15, 0.2) is 18.2 Å². The van der Waals surface area contributed by atoms with Gasteiger partial charge in [0.15, 0.2) is 11.6 Å². The molecule has 0 aliphatic heterocycles. The first-order valence-corrected chi connectivity index (χ1v) is 2.87. The number of nitrogens with two attached hydrogens (primary N) is 1. The fourth-order valence-corrected chi connectivity index (χ4v) is 0.701. The zero-order valence-electron chi connectivity index (χ0n) is 5.60. The maximum absolute atomic E-state index is 12.6. The van der Waals surface area contributed by atoms with Crippen LogP contribution in [0.3, 0.4) is 0 Å². The molecule has 0 radical (unpaired) electrons. The highest BCUT2D eigenvalue weighted by Gasteiger charge is 2.00. The van der Waals surface area contributed by atoms with Gasteiger partial charge in [0.05, 0.1) is 0 Å². The molecule has 1 aromatic carbocycles. The summed E-state index contributed by atoms with van der Waals surface area (Å²) >= 11 is 0. The SMILES string of the molecule is Cc1ccc(F)c(ON)c1. The normalized spacial score (nSPS) is 9.50. The van der Waals surface area contributed by atoms with Crippen LogP contribution in [0.4, 0.5) is 4.39 Å². The van der Waals surface area contributed by atoms with Crippen molar-refractivity contribution in [2.45, 2.75) is 6.92 Å². The van der Waals surface area contributed by atoms with Gasteiger partial charge in [-0.2, -0.15) is 5.90 Å². The van der Waals surface area contributed by atoms with Gasteiger partial charge in [0.25, 0.3) is 0 Å². The molecule has 0 fully saturated rings. The van der Waals surface area contributed by atoms with Crippen LogP contribution in [0, 0.1) is 12.7 Å². The van der Waals surface area contributed by atoms with Crippen molar-refractivity contribution in [2.24, 2.45) is 5.90 Å². The average Bonchev–Trinajstić information content (AvgIpc) is 1.94. The molecule has 1 aromatic rings. The molecule has 2 N–H and O–H groups in total. The van der Waals surface area contributed by atoms with Crippen LogP contribution in [0.5, 0.6) is 5.75 Å². The maximum Gasteiger partial charge on any atom is 0.182 e. The summed E-state index contributed by atoms with van der Waals surface area (Å²) in [6, 6.07) is 4.50. The summed E-state index contributed by atoms with van der Waals surface area (Å²) in [5, 5.41) is 0. The Kier molecular flexibility index (Phi) is 1.87. The van der Waals surface area contributed by atoms with E-state index < -0.39 is 5.82 Å². The summed E-state index contributed by atoms with van der Waals surface area (Å²) in [6.07, 6.45) is 0. The number of benzene rings is 1. The van der Waals surface area contributed by atoms with Crippen LogP contribution in [0.1, 0.15) is 5.56 Å². The third kappa shape index (κ3) is 1.25. The van der Waals surface area contributed by atoms with Crippen molar-refractivity contribution < 1.29 is 9.23 Å². The van der Waals surface area contributed by atoms with E-state index in [1.807, 2.05) is 6.92 Å². The van der Waals surface area contributed by atoms with E-state index in [2.05, 4.69) is 4.84 Å². The summed E-state index contributed by atoms with van der Waals surface area (Å²) < 4.78 is 12.6. The van der Waals surface area contributed by atoms with Crippen molar-refractivity contribution in [3.63, 3.8) is 0 Å². The largest absolute Gasteiger partial charge is 0.408 e. The summed E-state index contributed by atoms with van der Waals surface area (Å²) in [5.41, 5.74) is 0.918. The molecule has 1 rings (SSSR count). The van der Waals surface area contributed by atoms with Crippen LogP contribution in [0.2, 0.25) is 0 Å². The summed E-state index contributed by atoms with van der Waals surface area (Å²) in [7, 11) is 0. The quantitative estimate of drug-likeness (QED) is 0.600. The Morgan fingerprint density at radius 3 is 2.70 bits per heavy atom. The molecule has 0 saturated carbocycles. The molecule has 0 amide bonds. The average molecular weight is 141 g/mol. The Labute approximate surface area is 58.4 Å². The Morgan fingerprint density at radius 2 is 2.20 bits per heavy atom. The Balaban J connectivity index is 3.09. The molecule has 0 unspecified atom stereocenters. The van der Waals surface area contributed by atoms with E-state index in [0.717, 1.165) is 5.56 Å². The molecule has 54 valence electrons. The lowest BCUT2D eigenvalue weighted by molar-refractivity contribution is 0.315. The Hall–Kier alpha value is -1.09. The van der Waals surface area contributed by atoms with E-state index in [4.69, 9.17) is 5.90 Å². The van der Waals surface area contributed by atoms with Gasteiger partial charge in [0.1, 0.15) is 0 Å². The van der Waals surface area contributed by atoms with E-state index in [1.54, 1.807) is 6.07 Å². The number of aryl methyl sites for hydroxylation is 1. The predicted molar refractivity (Wildman–Crippen MR) is 36.0 cm³/mol. The standard InChI is InChI=1S/C7H8FNO/c1-5-2-3-6(8)7(4-5)10-9/h2-4H,9H2,1H3. The van der Waals surface area contributed by atoms with Crippen molar-refractivity contribution in [1.29, 1.82) is 0 Å². The fourth-order valence-electron chi connectivity index (χ4n) is 0.701. The number of rotatable bonds is 1. The molecule has 0 aliphatic rings. The number of halogens is 1. The minimum atomic E-state index is -0.437. The van der Waals surface area contributed by atoms with E-state index in [0.29, 0.717) is 0 Å². The van der Waals surface area contributed by atoms with Crippen LogP contribution in [-0.2, 0) is 0 Å². The van der Waals surface area contributed by atoms with Crippen LogP contribution >= 0.6 is 0 Å². The summed E-state index contributed by atoms with van der Waals surface area (Å²) in [5.74, 6) is 4.43. The summed E-state index contributed by atoms with van der Waals surface area (Å²) in [6.45, 7) is 1.84. The maximum atomic E-state index is 12.6. The third-order valence-corrected chi connectivity index (χ3v) is 1.21. The third-order valence-electron chi connectivity index (χ3n) is 1.21. The second-order valence-electron chi connectivity index (χ2n) is 2.05. The van der Waals surface area contributed by atoms with Crippen LogP contribution in [0.25, 0.3) is 0 Å². The molecule has 3 heteroatoms. The lowest BCUT2D eigenvalue weighted by atomic mass is 10.2. The zero-order chi connectivity index (χ0) is 7.56. The Bertz CT molecular complexity index is 237. The first kappa shape index (κ1) is 7.02. The summed E-state index contributed by atoms with van der Waals surface area (Å²) in [4.78, 5) is 4.25. The molecule has 10 heavy (non-hydrogen) atoms. The van der Waals surface area contributed by atoms with Gasteiger partial charge in [-0.25, -0.2) is 4.39 Å². The van der Waals surface area contributed by atoms with Gasteiger partial charge in [-0.1, -0.05) is 6.07 Å². The van der Waals surface area contributed by atoms with Crippen LogP contribution < -0.4 is 10.7 Å². The predicted octanol–water partition coefficient (Wildman–Crippen LogP) is 1.39. The van der Waals surface area contributed by atoms with E-state index in [1.165, 1.54) is 12.1 Å². The molecule has 0 aliphatic carbocycles. The monoisotopic (exact) mass is 141 g/mol. The molecule has 0 bridgehead atoms. The van der Waals surface area contributed by atoms with Gasteiger partial charge >= 0.3 is 0 Å². The molecule has 0 saturated heterocycles. The van der Waals surface area contributed by atoms with Gasteiger partial charge in [-0.05, 0) is 24.6 Å². The highest BCUT2D eigenvalue weighted by atomic mass is 19.1. The molecule has 0 heterocycles. The smallest absolute Gasteiger partial charge is 0.182 e. The highest BCUT2D eigenvalue weighted by molar-refractivity contribution is 5.28. The lowest BCUT2D eigenvalue weighted by Crippen LogP contribution is -2.03. The second kappa shape index (κ2) is 2.66. The van der Waals surface area contributed by atoms with Gasteiger partial charge in [-0.3, -0.25) is 0 Å². The van der Waals surface area contributed by atoms with Gasteiger partial charge in [0.2, 0.25) is 0 Å². The number of hydrogen-bond donors (Lipinski definition) is 1. The number of hydrogen-bond acceptors (Lipinski definition) is 2. The van der Waals surface area contributed by atoms with Gasteiger partial charge in [0, 0.05) is 0 Å². The minimum Gasteiger partial charge on any atom is -0.408 e. The molecule has 0 spiro atoms. The van der Waals surface area contributed by atoms with E-state index >= 15 is 0 Å². The highest BCUT2D eigenvalue weighted by Crippen LogP contribution is 2.16. The second-order valence-corrected chi connectivity index (χ2v) is 2.05. The zero-order valence-corrected chi connectivity index (χ0v) is 5.60. The minimum absolute atomic E-state index is 0.0833. The van der Waals surface area contributed by atoms with E-state index in [9.17, 15) is 4.39 Å². The van der Waals surface area contributed by atoms with Gasteiger partial charge < -0.3 is 4.84 Å². The topological polar surface area (TPSA) is 35.2 Å². The molecule has 0 aromatic heterocycles. The van der Waals surface area contributed by atoms with Crippen molar-refractivity contribution in [3.05, 3.63) is 29.6 Å². The molecular formula is C7H8FNO. The van der Waals surface area contributed by atoms with Crippen molar-refractivity contribution in [3.8, 4) is 5.75 Å². The first-order valence-electron chi connectivity index (χ1n) is 2.87.